The average molecular weight is 213 g/mol. The van der Waals surface area contributed by atoms with E-state index in [1.807, 2.05) is 18.7 Å². The Morgan fingerprint density at radius 2 is 2.00 bits per heavy atom. The lowest BCUT2D eigenvalue weighted by Crippen LogP contribution is -2.57. The Bertz CT molecular complexity index is 230. The highest BCUT2D eigenvalue weighted by atomic mass is 16.2. The largest absolute Gasteiger partial charge is 0.336 e. The third-order valence-electron chi connectivity index (χ3n) is 3.12. The third-order valence-corrected chi connectivity index (χ3v) is 3.12. The van der Waals surface area contributed by atoms with Gasteiger partial charge in [-0.3, -0.25) is 4.79 Å². The zero-order valence-electron chi connectivity index (χ0n) is 10.2. The Hall–Kier alpha value is -0.610. The van der Waals surface area contributed by atoms with Gasteiger partial charge in [0.25, 0.3) is 0 Å². The predicted octanol–water partition coefficient (Wildman–Crippen LogP) is 0.132. The molecular formula is C11H23N3O. The Morgan fingerprint density at radius 3 is 2.47 bits per heavy atom. The zero-order valence-corrected chi connectivity index (χ0v) is 10.2. The van der Waals surface area contributed by atoms with Crippen molar-refractivity contribution in [3.05, 3.63) is 0 Å². The number of carbonyl (C=O) groups is 1. The van der Waals surface area contributed by atoms with Crippen molar-refractivity contribution in [3.8, 4) is 0 Å². The monoisotopic (exact) mass is 213 g/mol. The molecule has 0 aromatic rings. The number of nitrogens with two attached hydrogens (primary N) is 1. The molecule has 88 valence electrons. The fourth-order valence-electron chi connectivity index (χ4n) is 1.94. The number of nitrogens with zero attached hydrogens (tertiary/aromatic N) is 2. The van der Waals surface area contributed by atoms with Crippen molar-refractivity contribution in [2.24, 2.45) is 11.7 Å². The number of amides is 1. The molecule has 0 saturated carbocycles. The van der Waals surface area contributed by atoms with Gasteiger partial charge >= 0.3 is 0 Å². The van der Waals surface area contributed by atoms with Crippen LogP contribution in [0.5, 0.6) is 0 Å². The van der Waals surface area contributed by atoms with Crippen molar-refractivity contribution in [3.63, 3.8) is 0 Å². The molecule has 2 atom stereocenters. The van der Waals surface area contributed by atoms with Crippen LogP contribution in [0.3, 0.4) is 0 Å². The first kappa shape index (κ1) is 12.5. The van der Waals surface area contributed by atoms with E-state index in [0.29, 0.717) is 0 Å². The lowest BCUT2D eigenvalue weighted by atomic mass is 10.0. The Labute approximate surface area is 92.4 Å². The van der Waals surface area contributed by atoms with Gasteiger partial charge in [0.2, 0.25) is 5.91 Å². The molecular weight excluding hydrogens is 190 g/mol. The molecule has 1 aliphatic rings. The van der Waals surface area contributed by atoms with Crippen LogP contribution in [0.15, 0.2) is 0 Å². The molecule has 4 nitrogen and oxygen atoms in total. The summed E-state index contributed by atoms with van der Waals surface area (Å²) in [6.45, 7) is 8.75. The molecule has 4 heteroatoms. The van der Waals surface area contributed by atoms with Gasteiger partial charge in [0.15, 0.2) is 0 Å². The Morgan fingerprint density at radius 1 is 1.40 bits per heavy atom. The van der Waals surface area contributed by atoms with Crippen LogP contribution in [-0.2, 0) is 4.79 Å². The molecule has 1 amide bonds. The van der Waals surface area contributed by atoms with E-state index in [4.69, 9.17) is 5.73 Å². The fourth-order valence-corrected chi connectivity index (χ4v) is 1.94. The van der Waals surface area contributed by atoms with E-state index >= 15 is 0 Å². The van der Waals surface area contributed by atoms with Crippen LogP contribution in [-0.4, -0.2) is 54.5 Å². The lowest BCUT2D eigenvalue weighted by molar-refractivity contribution is -0.137. The number of rotatable bonds is 2. The molecule has 15 heavy (non-hydrogen) atoms. The molecule has 1 heterocycles. The van der Waals surface area contributed by atoms with Crippen molar-refractivity contribution in [1.82, 2.24) is 9.80 Å². The summed E-state index contributed by atoms with van der Waals surface area (Å²) in [4.78, 5) is 16.2. The topological polar surface area (TPSA) is 49.6 Å². The number of piperazine rings is 1. The summed E-state index contributed by atoms with van der Waals surface area (Å²) >= 11 is 0. The second-order valence-corrected chi connectivity index (χ2v) is 4.91. The highest BCUT2D eigenvalue weighted by Crippen LogP contribution is 2.11. The molecule has 0 aliphatic carbocycles. The van der Waals surface area contributed by atoms with E-state index in [2.05, 4.69) is 18.9 Å². The molecule has 1 aliphatic heterocycles. The first-order chi connectivity index (χ1) is 6.93. The minimum atomic E-state index is -0.351. The fraction of sp³-hybridized carbons (Fsp3) is 0.909. The van der Waals surface area contributed by atoms with Crippen LogP contribution in [0.1, 0.15) is 20.8 Å². The number of carbonyl (C=O) groups excluding carboxylic acids is 1. The van der Waals surface area contributed by atoms with Gasteiger partial charge in [-0.05, 0) is 19.9 Å². The van der Waals surface area contributed by atoms with E-state index < -0.39 is 0 Å². The minimum Gasteiger partial charge on any atom is -0.336 e. The van der Waals surface area contributed by atoms with Gasteiger partial charge in [0.1, 0.15) is 0 Å². The Balaban J connectivity index is 2.60. The average Bonchev–Trinajstić information content (AvgIpc) is 2.15. The summed E-state index contributed by atoms with van der Waals surface area (Å²) < 4.78 is 0. The van der Waals surface area contributed by atoms with Gasteiger partial charge in [-0.25, -0.2) is 0 Å². The van der Waals surface area contributed by atoms with Crippen LogP contribution >= 0.6 is 0 Å². The summed E-state index contributed by atoms with van der Waals surface area (Å²) in [5.41, 5.74) is 5.88. The van der Waals surface area contributed by atoms with E-state index in [0.717, 1.165) is 19.6 Å². The first-order valence-electron chi connectivity index (χ1n) is 5.68. The third kappa shape index (κ3) is 2.92. The normalized spacial score (nSPS) is 25.7. The molecule has 0 radical (unpaired) electrons. The van der Waals surface area contributed by atoms with Gasteiger partial charge in [-0.2, -0.15) is 0 Å². The molecule has 0 spiro atoms. The van der Waals surface area contributed by atoms with Crippen molar-refractivity contribution in [2.75, 3.05) is 26.7 Å². The predicted molar refractivity (Wildman–Crippen MR) is 61.5 cm³/mol. The van der Waals surface area contributed by atoms with Crippen LogP contribution in [0.2, 0.25) is 0 Å². The smallest absolute Gasteiger partial charge is 0.240 e. The van der Waals surface area contributed by atoms with Crippen molar-refractivity contribution < 1.29 is 4.79 Å². The molecule has 1 rings (SSSR count). The maximum Gasteiger partial charge on any atom is 0.240 e. The van der Waals surface area contributed by atoms with Crippen molar-refractivity contribution >= 4 is 5.91 Å². The Kier molecular flexibility index (Phi) is 4.11. The summed E-state index contributed by atoms with van der Waals surface area (Å²) in [6.07, 6.45) is 0. The molecule has 1 saturated heterocycles. The minimum absolute atomic E-state index is 0.102. The molecule has 2 N–H and O–H groups in total. The maximum absolute atomic E-state index is 12.0. The summed E-state index contributed by atoms with van der Waals surface area (Å²) in [7, 11) is 2.08. The quantitative estimate of drug-likeness (QED) is 0.709. The van der Waals surface area contributed by atoms with Crippen molar-refractivity contribution in [2.45, 2.75) is 32.9 Å². The maximum atomic E-state index is 12.0. The van der Waals surface area contributed by atoms with Crippen LogP contribution in [0.4, 0.5) is 0 Å². The molecule has 1 fully saturated rings. The lowest BCUT2D eigenvalue weighted by Gasteiger charge is -2.39. The zero-order chi connectivity index (χ0) is 11.6. The summed E-state index contributed by atoms with van der Waals surface area (Å²) in [5, 5.41) is 0. The van der Waals surface area contributed by atoms with Gasteiger partial charge < -0.3 is 15.5 Å². The first-order valence-corrected chi connectivity index (χ1v) is 5.68. The molecule has 0 aromatic carbocycles. The number of hydrogen-bond acceptors (Lipinski definition) is 3. The van der Waals surface area contributed by atoms with E-state index in [1.165, 1.54) is 0 Å². The number of likely N-dealkylation sites (N-methyl/N-ethyl adjacent to an activating group) is 1. The second-order valence-electron chi connectivity index (χ2n) is 4.91. The SMILES string of the molecule is CC(C)[C@H](N)C(=O)N1CCN(C)CC1C. The van der Waals surface area contributed by atoms with Gasteiger partial charge in [-0.15, -0.1) is 0 Å². The van der Waals surface area contributed by atoms with E-state index in [1.54, 1.807) is 0 Å². The summed E-state index contributed by atoms with van der Waals surface area (Å²) in [6, 6.07) is -0.0723. The van der Waals surface area contributed by atoms with Gasteiger partial charge in [-0.1, -0.05) is 13.8 Å². The molecule has 1 unspecified atom stereocenters. The standard InChI is InChI=1S/C11H23N3O/c1-8(2)10(12)11(15)14-6-5-13(4)7-9(14)3/h8-10H,5-7,12H2,1-4H3/t9?,10-/m0/s1. The van der Waals surface area contributed by atoms with Crippen molar-refractivity contribution in [1.29, 1.82) is 0 Å². The molecule has 0 aromatic heterocycles. The molecule has 0 bridgehead atoms. The summed E-state index contributed by atoms with van der Waals surface area (Å²) in [5.74, 6) is 0.315. The van der Waals surface area contributed by atoms with E-state index in [-0.39, 0.29) is 23.9 Å². The van der Waals surface area contributed by atoms with Crippen LogP contribution in [0.25, 0.3) is 0 Å². The van der Waals surface area contributed by atoms with E-state index in [9.17, 15) is 4.79 Å². The highest BCUT2D eigenvalue weighted by molar-refractivity contribution is 5.82. The van der Waals surface area contributed by atoms with Gasteiger partial charge in [0, 0.05) is 25.7 Å². The highest BCUT2D eigenvalue weighted by Gasteiger charge is 2.30. The van der Waals surface area contributed by atoms with Crippen LogP contribution in [0, 0.1) is 5.92 Å². The second kappa shape index (κ2) is 4.94. The van der Waals surface area contributed by atoms with Gasteiger partial charge in [0.05, 0.1) is 6.04 Å². The van der Waals surface area contributed by atoms with Crippen LogP contribution < -0.4 is 5.73 Å². The number of hydrogen-bond donors (Lipinski definition) is 1.